The summed E-state index contributed by atoms with van der Waals surface area (Å²) in [5.41, 5.74) is 2.64. The standard InChI is InChI=1S/C26H28FN5O2/c27-22-8-10-23(11-9-22)30-26(34)25(33)29-18-24(21-7-4-12-28-17-21)32-15-13-31(14-16-32)19-20-5-2-1-3-6-20/h1-12,17,24H,13-16,18-19H2,(H,29,33)(H,30,34)/t24-/m1/s1. The first-order chi connectivity index (χ1) is 16.6. The van der Waals surface area contributed by atoms with E-state index in [2.05, 4.69) is 49.7 Å². The van der Waals surface area contributed by atoms with Crippen LogP contribution in [0.15, 0.2) is 79.1 Å². The summed E-state index contributed by atoms with van der Waals surface area (Å²) in [5, 5.41) is 5.24. The van der Waals surface area contributed by atoms with Crippen molar-refractivity contribution >= 4 is 17.5 Å². The van der Waals surface area contributed by atoms with Gasteiger partial charge in [0.2, 0.25) is 0 Å². The molecule has 34 heavy (non-hydrogen) atoms. The van der Waals surface area contributed by atoms with Gasteiger partial charge in [-0.1, -0.05) is 36.4 Å². The van der Waals surface area contributed by atoms with Crippen LogP contribution in [0.4, 0.5) is 10.1 Å². The summed E-state index contributed by atoms with van der Waals surface area (Å²) in [4.78, 5) is 33.7. The Kier molecular flexibility index (Phi) is 7.95. The molecular weight excluding hydrogens is 433 g/mol. The van der Waals surface area contributed by atoms with E-state index in [1.54, 1.807) is 12.4 Å². The summed E-state index contributed by atoms with van der Waals surface area (Å²) in [6, 6.07) is 19.4. The first kappa shape index (κ1) is 23.5. The number of piperazine rings is 1. The van der Waals surface area contributed by atoms with Crippen molar-refractivity contribution in [3.05, 3.63) is 96.1 Å². The number of carbonyl (C=O) groups is 2. The maximum atomic E-state index is 13.1. The molecule has 2 aromatic carbocycles. The molecule has 1 aliphatic rings. The first-order valence-corrected chi connectivity index (χ1v) is 11.3. The van der Waals surface area contributed by atoms with Crippen LogP contribution < -0.4 is 10.6 Å². The average molecular weight is 462 g/mol. The smallest absolute Gasteiger partial charge is 0.313 e. The molecule has 7 nitrogen and oxygen atoms in total. The highest BCUT2D eigenvalue weighted by Gasteiger charge is 2.26. The van der Waals surface area contributed by atoms with Crippen LogP contribution in [-0.4, -0.2) is 59.3 Å². The number of carbonyl (C=O) groups excluding carboxylic acids is 2. The fourth-order valence-electron chi connectivity index (χ4n) is 4.10. The van der Waals surface area contributed by atoms with Gasteiger partial charge in [-0.15, -0.1) is 0 Å². The van der Waals surface area contributed by atoms with E-state index in [0.717, 1.165) is 38.3 Å². The highest BCUT2D eigenvalue weighted by molar-refractivity contribution is 6.39. The summed E-state index contributed by atoms with van der Waals surface area (Å²) in [6.07, 6.45) is 3.51. The third kappa shape index (κ3) is 6.46. The van der Waals surface area contributed by atoms with Gasteiger partial charge in [-0.05, 0) is 41.5 Å². The van der Waals surface area contributed by atoms with Crippen molar-refractivity contribution < 1.29 is 14.0 Å². The average Bonchev–Trinajstić information content (AvgIpc) is 2.87. The summed E-state index contributed by atoms with van der Waals surface area (Å²) in [7, 11) is 0. The molecule has 0 unspecified atom stereocenters. The number of hydrogen-bond donors (Lipinski definition) is 2. The van der Waals surface area contributed by atoms with Crippen LogP contribution in [0.5, 0.6) is 0 Å². The predicted molar refractivity (Wildman–Crippen MR) is 128 cm³/mol. The van der Waals surface area contributed by atoms with E-state index in [0.29, 0.717) is 5.69 Å². The van der Waals surface area contributed by atoms with Gasteiger partial charge in [-0.3, -0.25) is 24.4 Å². The monoisotopic (exact) mass is 461 g/mol. The largest absolute Gasteiger partial charge is 0.346 e. The Hall–Kier alpha value is -3.62. The highest BCUT2D eigenvalue weighted by Crippen LogP contribution is 2.22. The zero-order chi connectivity index (χ0) is 23.8. The molecule has 1 saturated heterocycles. The molecule has 0 aliphatic carbocycles. The lowest BCUT2D eigenvalue weighted by Crippen LogP contribution is -2.50. The lowest BCUT2D eigenvalue weighted by Gasteiger charge is -2.39. The molecule has 1 aliphatic heterocycles. The maximum absolute atomic E-state index is 13.1. The van der Waals surface area contributed by atoms with Crippen molar-refractivity contribution in [3.63, 3.8) is 0 Å². The van der Waals surface area contributed by atoms with E-state index in [1.807, 2.05) is 18.2 Å². The Balaban J connectivity index is 1.34. The van der Waals surface area contributed by atoms with E-state index in [1.165, 1.54) is 29.8 Å². The van der Waals surface area contributed by atoms with Crippen molar-refractivity contribution in [2.45, 2.75) is 12.6 Å². The number of aromatic nitrogens is 1. The molecule has 8 heteroatoms. The first-order valence-electron chi connectivity index (χ1n) is 11.3. The van der Waals surface area contributed by atoms with Gasteiger partial charge in [-0.25, -0.2) is 4.39 Å². The van der Waals surface area contributed by atoms with Gasteiger partial charge < -0.3 is 10.6 Å². The number of rotatable bonds is 7. The minimum atomic E-state index is -0.788. The van der Waals surface area contributed by atoms with E-state index < -0.39 is 17.6 Å². The Labute approximate surface area is 198 Å². The quantitative estimate of drug-likeness (QED) is 0.529. The van der Waals surface area contributed by atoms with Gasteiger partial charge in [0, 0.05) is 57.3 Å². The molecule has 176 valence electrons. The maximum Gasteiger partial charge on any atom is 0.313 e. The fraction of sp³-hybridized carbons (Fsp3) is 0.269. The van der Waals surface area contributed by atoms with Gasteiger partial charge in [0.05, 0.1) is 6.04 Å². The normalized spacial score (nSPS) is 15.4. The molecule has 3 aromatic rings. The van der Waals surface area contributed by atoms with Crippen molar-refractivity contribution in [1.82, 2.24) is 20.1 Å². The number of anilines is 1. The number of pyridine rings is 1. The zero-order valence-corrected chi connectivity index (χ0v) is 18.9. The fourth-order valence-corrected chi connectivity index (χ4v) is 4.10. The van der Waals surface area contributed by atoms with Crippen molar-refractivity contribution in [1.29, 1.82) is 0 Å². The van der Waals surface area contributed by atoms with E-state index in [-0.39, 0.29) is 12.6 Å². The number of benzene rings is 2. The lowest BCUT2D eigenvalue weighted by molar-refractivity contribution is -0.136. The third-order valence-electron chi connectivity index (χ3n) is 5.93. The minimum Gasteiger partial charge on any atom is -0.346 e. The predicted octanol–water partition coefficient (Wildman–Crippen LogP) is 2.83. The topological polar surface area (TPSA) is 77.6 Å². The molecular formula is C26H28FN5O2. The molecule has 4 rings (SSSR count). The summed E-state index contributed by atoms with van der Waals surface area (Å²) in [5.74, 6) is -1.93. The SMILES string of the molecule is O=C(NC[C@H](c1cccnc1)N1CCN(Cc2ccccc2)CC1)C(=O)Nc1ccc(F)cc1. The molecule has 2 N–H and O–H groups in total. The van der Waals surface area contributed by atoms with E-state index in [9.17, 15) is 14.0 Å². The van der Waals surface area contributed by atoms with Crippen LogP contribution in [0.2, 0.25) is 0 Å². The second-order valence-electron chi connectivity index (χ2n) is 8.27. The third-order valence-corrected chi connectivity index (χ3v) is 5.93. The van der Waals surface area contributed by atoms with Gasteiger partial charge in [-0.2, -0.15) is 0 Å². The van der Waals surface area contributed by atoms with Crippen LogP contribution in [-0.2, 0) is 16.1 Å². The molecule has 2 heterocycles. The number of nitrogens with one attached hydrogen (secondary N) is 2. The van der Waals surface area contributed by atoms with Crippen molar-refractivity contribution in [2.24, 2.45) is 0 Å². The highest BCUT2D eigenvalue weighted by atomic mass is 19.1. The second-order valence-corrected chi connectivity index (χ2v) is 8.27. The molecule has 0 bridgehead atoms. The van der Waals surface area contributed by atoms with Crippen LogP contribution in [0.3, 0.4) is 0 Å². The molecule has 0 radical (unpaired) electrons. The summed E-state index contributed by atoms with van der Waals surface area (Å²) in [6.45, 7) is 4.68. The minimum absolute atomic E-state index is 0.102. The number of amides is 2. The van der Waals surface area contributed by atoms with Crippen LogP contribution in [0, 0.1) is 5.82 Å². The van der Waals surface area contributed by atoms with Gasteiger partial charge in [0.25, 0.3) is 0 Å². The Bertz CT molecular complexity index is 1070. The molecule has 2 amide bonds. The number of halogens is 1. The van der Waals surface area contributed by atoms with Crippen molar-refractivity contribution in [3.8, 4) is 0 Å². The zero-order valence-electron chi connectivity index (χ0n) is 18.9. The summed E-state index contributed by atoms with van der Waals surface area (Å²) < 4.78 is 13.1. The number of hydrogen-bond acceptors (Lipinski definition) is 5. The van der Waals surface area contributed by atoms with Gasteiger partial charge in [0.1, 0.15) is 5.82 Å². The lowest BCUT2D eigenvalue weighted by atomic mass is 10.1. The Morgan fingerprint density at radius 2 is 1.65 bits per heavy atom. The molecule has 1 atom stereocenters. The van der Waals surface area contributed by atoms with Gasteiger partial charge in [0.15, 0.2) is 0 Å². The van der Waals surface area contributed by atoms with Crippen LogP contribution in [0.25, 0.3) is 0 Å². The van der Waals surface area contributed by atoms with Gasteiger partial charge >= 0.3 is 11.8 Å². The molecule has 1 aromatic heterocycles. The molecule has 1 fully saturated rings. The van der Waals surface area contributed by atoms with E-state index >= 15 is 0 Å². The Morgan fingerprint density at radius 3 is 2.32 bits per heavy atom. The van der Waals surface area contributed by atoms with Crippen LogP contribution >= 0.6 is 0 Å². The molecule has 0 spiro atoms. The second kappa shape index (κ2) is 11.5. The van der Waals surface area contributed by atoms with Crippen molar-refractivity contribution in [2.75, 3.05) is 38.0 Å². The van der Waals surface area contributed by atoms with Crippen LogP contribution in [0.1, 0.15) is 17.2 Å². The molecule has 0 saturated carbocycles. The number of nitrogens with zero attached hydrogens (tertiary/aromatic N) is 3. The van der Waals surface area contributed by atoms with E-state index in [4.69, 9.17) is 0 Å². The Morgan fingerprint density at radius 1 is 0.912 bits per heavy atom. The summed E-state index contributed by atoms with van der Waals surface area (Å²) >= 11 is 0.